The maximum Gasteiger partial charge on any atom is 0.269 e. The summed E-state index contributed by atoms with van der Waals surface area (Å²) < 4.78 is 11.4. The van der Waals surface area contributed by atoms with Crippen LogP contribution >= 0.6 is 0 Å². The number of carbonyl (C=O) groups excluding carboxylic acids is 2. The van der Waals surface area contributed by atoms with E-state index >= 15 is 0 Å². The van der Waals surface area contributed by atoms with Crippen molar-refractivity contribution in [1.82, 2.24) is 15.2 Å². The minimum atomic E-state index is -0.506. The SMILES string of the molecule is O=C(NCCC1=CCCCC1)c1cc(C(=O)N2CCC3(CC2)OCCO3)ccn1. The fourth-order valence-electron chi connectivity index (χ4n) is 4.27. The first-order chi connectivity index (χ1) is 14.2. The molecule has 0 atom stereocenters. The standard InChI is InChI=1S/C22H29N3O4/c26-20(24-10-6-17-4-2-1-3-5-17)19-16-18(7-11-23-19)21(27)25-12-8-22(9-13-25)28-14-15-29-22/h4,7,11,16H,1-3,5-6,8-10,12-15H2,(H,24,26). The fourth-order valence-corrected chi connectivity index (χ4v) is 4.27. The molecule has 2 fully saturated rings. The largest absolute Gasteiger partial charge is 0.350 e. The van der Waals surface area contributed by atoms with Gasteiger partial charge in [-0.25, -0.2) is 0 Å². The molecule has 0 bridgehead atoms. The highest BCUT2D eigenvalue weighted by molar-refractivity contribution is 5.98. The Labute approximate surface area is 171 Å². The number of likely N-dealkylation sites (tertiary alicyclic amines) is 1. The molecule has 2 saturated heterocycles. The number of piperidine rings is 1. The lowest BCUT2D eigenvalue weighted by Gasteiger charge is -2.37. The summed E-state index contributed by atoms with van der Waals surface area (Å²) in [5.74, 6) is -0.823. The van der Waals surface area contributed by atoms with E-state index in [1.807, 2.05) is 0 Å². The Bertz CT molecular complexity index is 776. The van der Waals surface area contributed by atoms with Gasteiger partial charge in [0, 0.05) is 44.2 Å². The number of rotatable bonds is 5. The van der Waals surface area contributed by atoms with Crippen LogP contribution in [0.2, 0.25) is 0 Å². The van der Waals surface area contributed by atoms with Crippen LogP contribution in [0, 0.1) is 0 Å². The second kappa shape index (κ2) is 9.05. The van der Waals surface area contributed by atoms with E-state index in [1.54, 1.807) is 17.0 Å². The zero-order valence-corrected chi connectivity index (χ0v) is 16.8. The van der Waals surface area contributed by atoms with Crippen molar-refractivity contribution < 1.29 is 19.1 Å². The molecule has 0 unspecified atom stereocenters. The zero-order valence-electron chi connectivity index (χ0n) is 16.8. The molecule has 1 aromatic heterocycles. The van der Waals surface area contributed by atoms with E-state index in [0.717, 1.165) is 19.3 Å². The first-order valence-corrected chi connectivity index (χ1v) is 10.6. The van der Waals surface area contributed by atoms with Gasteiger partial charge in [-0.05, 0) is 44.2 Å². The Morgan fingerprint density at radius 3 is 2.69 bits per heavy atom. The first-order valence-electron chi connectivity index (χ1n) is 10.6. The van der Waals surface area contributed by atoms with Crippen LogP contribution in [0.15, 0.2) is 30.0 Å². The minimum Gasteiger partial charge on any atom is -0.350 e. The summed E-state index contributed by atoms with van der Waals surface area (Å²) >= 11 is 0. The summed E-state index contributed by atoms with van der Waals surface area (Å²) in [7, 11) is 0. The molecule has 2 amide bonds. The molecule has 0 radical (unpaired) electrons. The molecule has 7 nitrogen and oxygen atoms in total. The van der Waals surface area contributed by atoms with Crippen LogP contribution in [0.1, 0.15) is 65.8 Å². The van der Waals surface area contributed by atoms with E-state index in [2.05, 4.69) is 16.4 Å². The van der Waals surface area contributed by atoms with Crippen LogP contribution in [-0.4, -0.2) is 60.3 Å². The molecule has 1 aliphatic carbocycles. The summed E-state index contributed by atoms with van der Waals surface area (Å²) in [5.41, 5.74) is 2.19. The van der Waals surface area contributed by atoms with Crippen molar-refractivity contribution in [1.29, 1.82) is 0 Å². The molecule has 7 heteroatoms. The predicted molar refractivity (Wildman–Crippen MR) is 108 cm³/mol. The lowest BCUT2D eigenvalue weighted by atomic mass is 9.97. The number of carbonyl (C=O) groups is 2. The van der Waals surface area contributed by atoms with Crippen molar-refractivity contribution >= 4 is 11.8 Å². The molecule has 2 aliphatic heterocycles. The van der Waals surface area contributed by atoms with Crippen LogP contribution in [0.5, 0.6) is 0 Å². The van der Waals surface area contributed by atoms with Gasteiger partial charge in [0.2, 0.25) is 0 Å². The van der Waals surface area contributed by atoms with Crippen LogP contribution in [0.3, 0.4) is 0 Å². The summed E-state index contributed by atoms with van der Waals surface area (Å²) in [6, 6.07) is 3.25. The van der Waals surface area contributed by atoms with E-state index in [0.29, 0.717) is 51.3 Å². The highest BCUT2D eigenvalue weighted by Crippen LogP contribution is 2.31. The van der Waals surface area contributed by atoms with E-state index in [9.17, 15) is 9.59 Å². The van der Waals surface area contributed by atoms with E-state index in [-0.39, 0.29) is 17.5 Å². The van der Waals surface area contributed by atoms with Gasteiger partial charge in [-0.2, -0.15) is 0 Å². The van der Waals surface area contributed by atoms with Crippen molar-refractivity contribution in [3.63, 3.8) is 0 Å². The number of allylic oxidation sites excluding steroid dienone is 1. The Balaban J connectivity index is 1.31. The van der Waals surface area contributed by atoms with Gasteiger partial charge in [-0.3, -0.25) is 14.6 Å². The quantitative estimate of drug-likeness (QED) is 0.770. The summed E-state index contributed by atoms with van der Waals surface area (Å²) in [6.45, 7) is 3.00. The molecule has 156 valence electrons. The average molecular weight is 399 g/mol. The second-order valence-corrected chi connectivity index (χ2v) is 7.94. The maximum atomic E-state index is 12.9. The smallest absolute Gasteiger partial charge is 0.269 e. The minimum absolute atomic E-state index is 0.0818. The van der Waals surface area contributed by atoms with Crippen LogP contribution < -0.4 is 5.32 Å². The van der Waals surface area contributed by atoms with Gasteiger partial charge in [0.15, 0.2) is 5.79 Å². The van der Waals surface area contributed by atoms with Gasteiger partial charge in [0.05, 0.1) is 13.2 Å². The van der Waals surface area contributed by atoms with Crippen molar-refractivity contribution in [2.45, 2.75) is 50.7 Å². The first kappa shape index (κ1) is 20.0. The Morgan fingerprint density at radius 1 is 1.17 bits per heavy atom. The lowest BCUT2D eigenvalue weighted by Crippen LogP contribution is -2.47. The van der Waals surface area contributed by atoms with Crippen molar-refractivity contribution in [3.8, 4) is 0 Å². The normalized spacial score (nSPS) is 21.1. The molecule has 0 saturated carbocycles. The number of pyridine rings is 1. The molecule has 1 aromatic rings. The monoisotopic (exact) mass is 399 g/mol. The number of nitrogens with zero attached hydrogens (tertiary/aromatic N) is 2. The molecule has 3 heterocycles. The van der Waals surface area contributed by atoms with Gasteiger partial charge in [-0.1, -0.05) is 11.6 Å². The Morgan fingerprint density at radius 2 is 1.97 bits per heavy atom. The number of hydrogen-bond acceptors (Lipinski definition) is 5. The Kier molecular flexibility index (Phi) is 6.25. The van der Waals surface area contributed by atoms with Gasteiger partial charge in [0.1, 0.15) is 5.69 Å². The van der Waals surface area contributed by atoms with Gasteiger partial charge in [-0.15, -0.1) is 0 Å². The molecule has 3 aliphatic rings. The number of aromatic nitrogens is 1. The second-order valence-electron chi connectivity index (χ2n) is 7.94. The Hall–Kier alpha value is -2.25. The number of hydrogen-bond donors (Lipinski definition) is 1. The van der Waals surface area contributed by atoms with Gasteiger partial charge in [0.25, 0.3) is 11.8 Å². The molecule has 1 N–H and O–H groups in total. The molecule has 0 aromatic carbocycles. The third-order valence-electron chi connectivity index (χ3n) is 5.98. The summed E-state index contributed by atoms with van der Waals surface area (Å²) in [5, 5.41) is 2.92. The predicted octanol–water partition coefficient (Wildman–Crippen LogP) is 2.68. The molecular formula is C22H29N3O4. The number of amides is 2. The lowest BCUT2D eigenvalue weighted by molar-refractivity contribution is -0.181. The van der Waals surface area contributed by atoms with Crippen LogP contribution in [0.4, 0.5) is 0 Å². The summed E-state index contributed by atoms with van der Waals surface area (Å²) in [4.78, 5) is 31.3. The van der Waals surface area contributed by atoms with E-state index in [1.165, 1.54) is 24.6 Å². The zero-order chi connectivity index (χ0) is 20.1. The van der Waals surface area contributed by atoms with Crippen molar-refractivity contribution in [3.05, 3.63) is 41.2 Å². The van der Waals surface area contributed by atoms with E-state index in [4.69, 9.17) is 9.47 Å². The average Bonchev–Trinajstić information content (AvgIpc) is 3.22. The summed E-state index contributed by atoms with van der Waals surface area (Å²) in [6.07, 6.45) is 10.8. The van der Waals surface area contributed by atoms with E-state index < -0.39 is 5.79 Å². The van der Waals surface area contributed by atoms with Crippen molar-refractivity contribution in [2.75, 3.05) is 32.8 Å². The third-order valence-corrected chi connectivity index (χ3v) is 5.98. The maximum absolute atomic E-state index is 12.9. The van der Waals surface area contributed by atoms with Gasteiger partial charge >= 0.3 is 0 Å². The molecular weight excluding hydrogens is 370 g/mol. The molecule has 1 spiro atoms. The third kappa shape index (κ3) is 4.85. The molecule has 29 heavy (non-hydrogen) atoms. The topological polar surface area (TPSA) is 80.8 Å². The molecule has 4 rings (SSSR count). The highest BCUT2D eigenvalue weighted by atomic mass is 16.7. The number of ether oxygens (including phenoxy) is 2. The van der Waals surface area contributed by atoms with Gasteiger partial charge < -0.3 is 19.7 Å². The fraction of sp³-hybridized carbons (Fsp3) is 0.591. The number of nitrogens with one attached hydrogen (secondary N) is 1. The van der Waals surface area contributed by atoms with Crippen LogP contribution in [0.25, 0.3) is 0 Å². The van der Waals surface area contributed by atoms with Crippen molar-refractivity contribution in [2.24, 2.45) is 0 Å². The van der Waals surface area contributed by atoms with Crippen LogP contribution in [-0.2, 0) is 9.47 Å². The highest BCUT2D eigenvalue weighted by Gasteiger charge is 2.40.